The van der Waals surface area contributed by atoms with Crippen LogP contribution >= 0.6 is 0 Å². The Hall–Kier alpha value is -3.54. The van der Waals surface area contributed by atoms with E-state index in [0.29, 0.717) is 22.3 Å². The first-order valence-electron chi connectivity index (χ1n) is 8.40. The van der Waals surface area contributed by atoms with Gasteiger partial charge in [-0.05, 0) is 65.9 Å². The number of aromatic nitrogens is 1. The van der Waals surface area contributed by atoms with Crippen molar-refractivity contribution in [2.75, 3.05) is 5.73 Å². The van der Waals surface area contributed by atoms with E-state index in [1.54, 1.807) is 44.4 Å². The van der Waals surface area contributed by atoms with Crippen molar-refractivity contribution in [1.82, 2.24) is 4.57 Å². The Labute approximate surface area is 156 Å². The molecule has 2 aromatic carbocycles. The van der Waals surface area contributed by atoms with E-state index in [9.17, 15) is 14.7 Å². The van der Waals surface area contributed by atoms with Gasteiger partial charge in [0.25, 0.3) is 11.5 Å². The first kappa shape index (κ1) is 18.3. The number of anilines is 1. The van der Waals surface area contributed by atoms with Crippen LogP contribution in [0.25, 0.3) is 22.3 Å². The summed E-state index contributed by atoms with van der Waals surface area (Å²) >= 11 is 0. The zero-order chi connectivity index (χ0) is 19.9. The summed E-state index contributed by atoms with van der Waals surface area (Å²) in [4.78, 5) is 24.0. The molecule has 1 aromatic heterocycles. The zero-order valence-corrected chi connectivity index (χ0v) is 15.4. The highest BCUT2D eigenvalue weighted by Crippen LogP contribution is 2.39. The monoisotopic (exact) mass is 363 g/mol. The summed E-state index contributed by atoms with van der Waals surface area (Å²) in [5.74, 6) is -0.524. The Morgan fingerprint density at radius 3 is 2.41 bits per heavy atom. The molecule has 0 bridgehead atoms. The first-order valence-corrected chi connectivity index (χ1v) is 8.40. The van der Waals surface area contributed by atoms with Gasteiger partial charge in [0.1, 0.15) is 5.75 Å². The summed E-state index contributed by atoms with van der Waals surface area (Å²) in [7, 11) is 1.66. The van der Waals surface area contributed by atoms with Gasteiger partial charge in [0.05, 0.1) is 11.3 Å². The van der Waals surface area contributed by atoms with E-state index in [1.807, 2.05) is 13.0 Å². The second-order valence-corrected chi connectivity index (χ2v) is 6.62. The van der Waals surface area contributed by atoms with Gasteiger partial charge in [-0.15, -0.1) is 0 Å². The molecule has 3 rings (SSSR count). The number of amides is 1. The molecule has 0 aliphatic rings. The fraction of sp³-hybridized carbons (Fsp3) is 0.143. The van der Waals surface area contributed by atoms with Gasteiger partial charge in [0.15, 0.2) is 0 Å². The average molecular weight is 363 g/mol. The van der Waals surface area contributed by atoms with Crippen LogP contribution in [0.2, 0.25) is 0 Å². The number of nitrogen functional groups attached to an aromatic ring is 1. The number of rotatable bonds is 3. The van der Waals surface area contributed by atoms with Gasteiger partial charge in [-0.1, -0.05) is 6.07 Å². The van der Waals surface area contributed by atoms with Crippen molar-refractivity contribution in [2.45, 2.75) is 13.8 Å². The Balaban J connectivity index is 2.37. The number of primary amides is 1. The number of aromatic hydroxyl groups is 1. The number of hydrogen-bond acceptors (Lipinski definition) is 4. The van der Waals surface area contributed by atoms with Crippen LogP contribution in [0, 0.1) is 13.8 Å². The smallest absolute Gasteiger partial charge is 0.250 e. The minimum Gasteiger partial charge on any atom is -0.508 e. The minimum atomic E-state index is -0.658. The molecule has 3 aromatic rings. The SMILES string of the molecule is Cc1ccc(O)c(C)c1-c1cc(-c2ccn(C)c(=O)c2)cc(C(N)=O)c1N. The van der Waals surface area contributed by atoms with Crippen LogP contribution in [0.15, 0.2) is 47.4 Å². The molecule has 0 radical (unpaired) electrons. The second kappa shape index (κ2) is 6.64. The van der Waals surface area contributed by atoms with E-state index in [-0.39, 0.29) is 22.6 Å². The number of pyridine rings is 1. The van der Waals surface area contributed by atoms with E-state index in [4.69, 9.17) is 11.5 Å². The quantitative estimate of drug-likeness (QED) is 0.621. The molecule has 0 atom stereocenters. The maximum absolute atomic E-state index is 12.0. The van der Waals surface area contributed by atoms with Crippen LogP contribution in [-0.4, -0.2) is 15.6 Å². The van der Waals surface area contributed by atoms with Crippen LogP contribution in [0.4, 0.5) is 5.69 Å². The fourth-order valence-electron chi connectivity index (χ4n) is 3.21. The number of phenolic OH excluding ortho intramolecular Hbond substituents is 1. The number of benzene rings is 2. The molecule has 0 unspecified atom stereocenters. The molecule has 27 heavy (non-hydrogen) atoms. The predicted octanol–water partition coefficient (Wildman–Crippen LogP) is 2.72. The second-order valence-electron chi connectivity index (χ2n) is 6.62. The number of hydrogen-bond donors (Lipinski definition) is 3. The summed E-state index contributed by atoms with van der Waals surface area (Å²) in [5.41, 5.74) is 16.2. The van der Waals surface area contributed by atoms with Gasteiger partial charge in [0, 0.05) is 24.9 Å². The lowest BCUT2D eigenvalue weighted by Gasteiger charge is -2.17. The predicted molar refractivity (Wildman–Crippen MR) is 107 cm³/mol. The van der Waals surface area contributed by atoms with Crippen molar-refractivity contribution in [3.05, 3.63) is 69.6 Å². The molecule has 6 nitrogen and oxygen atoms in total. The van der Waals surface area contributed by atoms with Crippen molar-refractivity contribution < 1.29 is 9.90 Å². The van der Waals surface area contributed by atoms with Gasteiger partial charge in [0.2, 0.25) is 0 Å². The maximum atomic E-state index is 12.0. The number of carbonyl (C=O) groups excluding carboxylic acids is 1. The summed E-state index contributed by atoms with van der Waals surface area (Å²) in [6, 6.07) is 10.1. The molecule has 1 amide bonds. The largest absolute Gasteiger partial charge is 0.508 e. The molecule has 5 N–H and O–H groups in total. The summed E-state index contributed by atoms with van der Waals surface area (Å²) in [6.45, 7) is 3.68. The van der Waals surface area contributed by atoms with E-state index in [1.165, 1.54) is 10.6 Å². The van der Waals surface area contributed by atoms with Crippen LogP contribution in [0.5, 0.6) is 5.75 Å². The highest BCUT2D eigenvalue weighted by molar-refractivity contribution is 6.04. The summed E-state index contributed by atoms with van der Waals surface area (Å²) in [6.07, 6.45) is 1.66. The summed E-state index contributed by atoms with van der Waals surface area (Å²) < 4.78 is 1.46. The van der Waals surface area contributed by atoms with Crippen molar-refractivity contribution >= 4 is 11.6 Å². The lowest BCUT2D eigenvalue weighted by molar-refractivity contribution is 0.100. The molecular formula is C21H21N3O3. The molecule has 6 heteroatoms. The lowest BCUT2D eigenvalue weighted by atomic mass is 9.89. The highest BCUT2D eigenvalue weighted by atomic mass is 16.3. The number of nitrogens with zero attached hydrogens (tertiary/aromatic N) is 1. The third kappa shape index (κ3) is 3.17. The number of nitrogens with two attached hydrogens (primary N) is 2. The zero-order valence-electron chi connectivity index (χ0n) is 15.4. The average Bonchev–Trinajstić information content (AvgIpc) is 2.62. The third-order valence-electron chi connectivity index (χ3n) is 4.80. The first-order chi connectivity index (χ1) is 12.7. The number of phenols is 1. The summed E-state index contributed by atoms with van der Waals surface area (Å²) in [5, 5.41) is 10.1. The van der Waals surface area contributed by atoms with E-state index in [0.717, 1.165) is 11.1 Å². The minimum absolute atomic E-state index is 0.134. The fourth-order valence-corrected chi connectivity index (χ4v) is 3.21. The van der Waals surface area contributed by atoms with Crippen LogP contribution < -0.4 is 17.0 Å². The molecule has 0 aliphatic carbocycles. The number of aryl methyl sites for hydroxylation is 2. The molecule has 0 fully saturated rings. The molecular weight excluding hydrogens is 342 g/mol. The molecule has 0 saturated heterocycles. The Morgan fingerprint density at radius 2 is 1.78 bits per heavy atom. The molecule has 138 valence electrons. The molecule has 1 heterocycles. The highest BCUT2D eigenvalue weighted by Gasteiger charge is 2.18. The van der Waals surface area contributed by atoms with Gasteiger partial charge >= 0.3 is 0 Å². The van der Waals surface area contributed by atoms with E-state index >= 15 is 0 Å². The Bertz CT molecular complexity index is 1130. The van der Waals surface area contributed by atoms with Crippen LogP contribution in [-0.2, 0) is 7.05 Å². The van der Waals surface area contributed by atoms with Gasteiger partial charge in [-0.2, -0.15) is 0 Å². The van der Waals surface area contributed by atoms with E-state index < -0.39 is 5.91 Å². The lowest BCUT2D eigenvalue weighted by Crippen LogP contribution is -2.16. The van der Waals surface area contributed by atoms with Crippen molar-refractivity contribution in [3.63, 3.8) is 0 Å². The third-order valence-corrected chi connectivity index (χ3v) is 4.80. The van der Waals surface area contributed by atoms with Gasteiger partial charge in [-0.25, -0.2) is 0 Å². The number of carbonyl (C=O) groups is 1. The van der Waals surface area contributed by atoms with E-state index in [2.05, 4.69) is 0 Å². The van der Waals surface area contributed by atoms with Crippen molar-refractivity contribution in [2.24, 2.45) is 12.8 Å². The van der Waals surface area contributed by atoms with Crippen molar-refractivity contribution in [3.8, 4) is 28.0 Å². The van der Waals surface area contributed by atoms with Crippen LogP contribution in [0.3, 0.4) is 0 Å². The normalized spacial score (nSPS) is 10.8. The molecule has 0 spiro atoms. The molecule has 0 saturated carbocycles. The molecule has 0 aliphatic heterocycles. The van der Waals surface area contributed by atoms with Crippen LogP contribution in [0.1, 0.15) is 21.5 Å². The van der Waals surface area contributed by atoms with Crippen molar-refractivity contribution in [1.29, 1.82) is 0 Å². The van der Waals surface area contributed by atoms with Gasteiger partial charge < -0.3 is 21.1 Å². The Kier molecular flexibility index (Phi) is 4.49. The standard InChI is InChI=1S/C21H21N3O3/c1-11-4-5-17(25)12(2)19(11)15-8-14(9-16(20(15)22)21(23)27)13-6-7-24(3)18(26)10-13/h4-10,25H,22H2,1-3H3,(H2,23,27). The maximum Gasteiger partial charge on any atom is 0.250 e. The topological polar surface area (TPSA) is 111 Å². The van der Waals surface area contributed by atoms with Gasteiger partial charge in [-0.3, -0.25) is 9.59 Å². The Morgan fingerprint density at radius 1 is 1.07 bits per heavy atom.